The van der Waals surface area contributed by atoms with Gasteiger partial charge in [0.05, 0.1) is 22.7 Å². The van der Waals surface area contributed by atoms with Gasteiger partial charge in [0.2, 0.25) is 11.8 Å². The van der Waals surface area contributed by atoms with Crippen LogP contribution in [0.15, 0.2) is 108 Å². The fourth-order valence-electron chi connectivity index (χ4n) is 4.85. The van der Waals surface area contributed by atoms with E-state index in [4.69, 9.17) is 27.9 Å². The Labute approximate surface area is 280 Å². The van der Waals surface area contributed by atoms with Gasteiger partial charge < -0.3 is 15.0 Å². The Morgan fingerprint density at radius 1 is 0.848 bits per heavy atom. The van der Waals surface area contributed by atoms with Crippen LogP contribution < -0.4 is 14.4 Å². The standard InChI is InChI=1S/C35H37Cl2N3O5S/c1-35(2,3)38-34(42)31(21-25-11-7-5-8-12-25)39(23-26-15-17-27(36)18-16-26)33(41)24-40(28-19-20-32(45-4)30(37)22-28)46(43,44)29-13-9-6-10-14-29/h5-20,22,31H,21,23-24H2,1-4H3,(H,38,42). The fraction of sp³-hybridized carbons (Fsp3) is 0.257. The van der Waals surface area contributed by atoms with E-state index in [2.05, 4.69) is 5.32 Å². The Morgan fingerprint density at radius 2 is 1.46 bits per heavy atom. The molecule has 4 aromatic rings. The van der Waals surface area contributed by atoms with Crippen molar-refractivity contribution in [3.63, 3.8) is 0 Å². The minimum absolute atomic E-state index is 0.00898. The number of nitrogens with one attached hydrogen (secondary N) is 1. The van der Waals surface area contributed by atoms with Gasteiger partial charge in [-0.15, -0.1) is 0 Å². The van der Waals surface area contributed by atoms with Gasteiger partial charge in [-0.05, 0) is 74.4 Å². The minimum atomic E-state index is -4.26. The minimum Gasteiger partial charge on any atom is -0.495 e. The molecule has 0 spiro atoms. The Kier molecular flexibility index (Phi) is 11.4. The number of sulfonamides is 1. The molecule has 1 atom stereocenters. The van der Waals surface area contributed by atoms with Crippen LogP contribution >= 0.6 is 23.2 Å². The van der Waals surface area contributed by atoms with Crippen molar-refractivity contribution >= 4 is 50.7 Å². The number of rotatable bonds is 12. The summed E-state index contributed by atoms with van der Waals surface area (Å²) in [7, 11) is -2.81. The molecule has 2 amide bonds. The summed E-state index contributed by atoms with van der Waals surface area (Å²) in [4.78, 5) is 29.9. The first-order valence-corrected chi connectivity index (χ1v) is 16.8. The van der Waals surface area contributed by atoms with Crippen molar-refractivity contribution in [3.8, 4) is 5.75 Å². The van der Waals surface area contributed by atoms with Gasteiger partial charge in [-0.2, -0.15) is 0 Å². The smallest absolute Gasteiger partial charge is 0.264 e. The van der Waals surface area contributed by atoms with E-state index in [1.165, 1.54) is 42.3 Å². The third-order valence-electron chi connectivity index (χ3n) is 7.07. The molecule has 0 aromatic heterocycles. The highest BCUT2D eigenvalue weighted by atomic mass is 35.5. The number of halogens is 2. The fourth-order valence-corrected chi connectivity index (χ4v) is 6.66. The largest absolute Gasteiger partial charge is 0.495 e. The van der Waals surface area contributed by atoms with E-state index in [1.54, 1.807) is 42.5 Å². The zero-order valence-electron chi connectivity index (χ0n) is 26.1. The second-order valence-corrected chi connectivity index (χ2v) is 14.4. The number of carbonyl (C=O) groups excluding carboxylic acids is 2. The Morgan fingerprint density at radius 3 is 2.02 bits per heavy atom. The van der Waals surface area contributed by atoms with Gasteiger partial charge in [0, 0.05) is 23.5 Å². The van der Waals surface area contributed by atoms with Gasteiger partial charge >= 0.3 is 0 Å². The number of amides is 2. The molecule has 4 aromatic carbocycles. The Bertz CT molecular complexity index is 1750. The van der Waals surface area contributed by atoms with E-state index in [1.807, 2.05) is 51.1 Å². The molecule has 8 nitrogen and oxygen atoms in total. The summed E-state index contributed by atoms with van der Waals surface area (Å²) in [5.74, 6) is -0.616. The van der Waals surface area contributed by atoms with E-state index < -0.39 is 34.1 Å². The highest BCUT2D eigenvalue weighted by molar-refractivity contribution is 7.92. The second-order valence-electron chi connectivity index (χ2n) is 11.7. The lowest BCUT2D eigenvalue weighted by Crippen LogP contribution is -2.56. The molecular formula is C35H37Cl2N3O5S. The molecule has 0 saturated heterocycles. The lowest BCUT2D eigenvalue weighted by atomic mass is 10.0. The van der Waals surface area contributed by atoms with Gasteiger partial charge in [-0.3, -0.25) is 13.9 Å². The summed E-state index contributed by atoms with van der Waals surface area (Å²) >= 11 is 12.6. The topological polar surface area (TPSA) is 96.0 Å². The monoisotopic (exact) mass is 681 g/mol. The van der Waals surface area contributed by atoms with Crippen LogP contribution in [0.1, 0.15) is 31.9 Å². The summed E-state index contributed by atoms with van der Waals surface area (Å²) < 4.78 is 34.5. The van der Waals surface area contributed by atoms with Crippen LogP contribution in [0.25, 0.3) is 0 Å². The van der Waals surface area contributed by atoms with Gasteiger partial charge in [-0.25, -0.2) is 8.42 Å². The van der Waals surface area contributed by atoms with Crippen LogP contribution in [0.5, 0.6) is 5.75 Å². The normalized spacial score (nSPS) is 12.2. The first-order chi connectivity index (χ1) is 21.8. The van der Waals surface area contributed by atoms with E-state index >= 15 is 0 Å². The molecule has 0 aliphatic carbocycles. The quantitative estimate of drug-likeness (QED) is 0.178. The maximum absolute atomic E-state index is 14.5. The summed E-state index contributed by atoms with van der Waals surface area (Å²) in [5.41, 5.74) is 1.11. The third kappa shape index (κ3) is 9.02. The molecule has 0 bridgehead atoms. The molecule has 1 unspecified atom stereocenters. The molecule has 0 aliphatic rings. The zero-order valence-corrected chi connectivity index (χ0v) is 28.4. The first-order valence-electron chi connectivity index (χ1n) is 14.6. The lowest BCUT2D eigenvalue weighted by Gasteiger charge is -2.35. The van der Waals surface area contributed by atoms with Crippen LogP contribution in [0.2, 0.25) is 10.0 Å². The molecule has 4 rings (SSSR count). The molecule has 0 aliphatic heterocycles. The zero-order chi connectivity index (χ0) is 33.5. The number of nitrogens with zero attached hydrogens (tertiary/aromatic N) is 2. The van der Waals surface area contributed by atoms with Crippen molar-refractivity contribution in [2.75, 3.05) is 18.0 Å². The van der Waals surface area contributed by atoms with Crippen LogP contribution in [0.3, 0.4) is 0 Å². The maximum atomic E-state index is 14.5. The molecule has 46 heavy (non-hydrogen) atoms. The molecular weight excluding hydrogens is 645 g/mol. The predicted octanol–water partition coefficient (Wildman–Crippen LogP) is 6.75. The summed E-state index contributed by atoms with van der Waals surface area (Å²) in [5, 5.41) is 3.70. The van der Waals surface area contributed by atoms with Gasteiger partial charge in [0.1, 0.15) is 18.3 Å². The van der Waals surface area contributed by atoms with Crippen molar-refractivity contribution in [2.45, 2.75) is 50.2 Å². The molecule has 0 saturated carbocycles. The van der Waals surface area contributed by atoms with Crippen LogP contribution in [0, 0.1) is 0 Å². The molecule has 242 valence electrons. The van der Waals surface area contributed by atoms with Crippen LogP contribution in [0.4, 0.5) is 5.69 Å². The average molecular weight is 683 g/mol. The number of benzene rings is 4. The molecule has 1 N–H and O–H groups in total. The number of ether oxygens (including phenoxy) is 1. The summed E-state index contributed by atoms with van der Waals surface area (Å²) in [6.07, 6.45) is 0.196. The number of anilines is 1. The molecule has 0 fully saturated rings. The van der Waals surface area contributed by atoms with Crippen molar-refractivity contribution in [3.05, 3.63) is 124 Å². The lowest BCUT2D eigenvalue weighted by molar-refractivity contribution is -0.140. The number of carbonyl (C=O) groups is 2. The molecule has 11 heteroatoms. The Hall–Kier alpha value is -4.05. The average Bonchev–Trinajstić information content (AvgIpc) is 3.02. The molecule has 0 heterocycles. The van der Waals surface area contributed by atoms with Crippen LogP contribution in [-0.2, 0) is 32.6 Å². The van der Waals surface area contributed by atoms with Crippen molar-refractivity contribution in [1.82, 2.24) is 10.2 Å². The number of methoxy groups -OCH3 is 1. The Balaban J connectivity index is 1.83. The van der Waals surface area contributed by atoms with Crippen molar-refractivity contribution in [1.29, 1.82) is 0 Å². The first kappa shape index (κ1) is 34.8. The van der Waals surface area contributed by atoms with Crippen molar-refractivity contribution in [2.24, 2.45) is 0 Å². The van der Waals surface area contributed by atoms with Crippen molar-refractivity contribution < 1.29 is 22.7 Å². The van der Waals surface area contributed by atoms with Gasteiger partial charge in [0.15, 0.2) is 0 Å². The summed E-state index contributed by atoms with van der Waals surface area (Å²) in [6, 6.07) is 27.6. The summed E-state index contributed by atoms with van der Waals surface area (Å²) in [6.45, 7) is 4.99. The highest BCUT2D eigenvalue weighted by Gasteiger charge is 2.35. The number of hydrogen-bond acceptors (Lipinski definition) is 5. The molecule has 0 radical (unpaired) electrons. The SMILES string of the molecule is COc1ccc(N(CC(=O)N(Cc2ccc(Cl)cc2)C(Cc2ccccc2)C(=O)NC(C)(C)C)S(=O)(=O)c2ccccc2)cc1Cl. The number of hydrogen-bond donors (Lipinski definition) is 1. The van der Waals surface area contributed by atoms with E-state index in [0.717, 1.165) is 9.87 Å². The second kappa shape index (κ2) is 15.0. The van der Waals surface area contributed by atoms with E-state index in [9.17, 15) is 18.0 Å². The van der Waals surface area contributed by atoms with Crippen LogP contribution in [-0.4, -0.2) is 50.4 Å². The van der Waals surface area contributed by atoms with Gasteiger partial charge in [-0.1, -0.05) is 83.9 Å². The van der Waals surface area contributed by atoms with Gasteiger partial charge in [0.25, 0.3) is 10.0 Å². The third-order valence-corrected chi connectivity index (χ3v) is 9.40. The van der Waals surface area contributed by atoms with E-state index in [0.29, 0.717) is 16.3 Å². The van der Waals surface area contributed by atoms with E-state index in [-0.39, 0.29) is 34.5 Å². The predicted molar refractivity (Wildman–Crippen MR) is 183 cm³/mol. The highest BCUT2D eigenvalue weighted by Crippen LogP contribution is 2.32. The maximum Gasteiger partial charge on any atom is 0.264 e.